The molecule has 2 aromatic rings. The standard InChI is InChI=1S/C30H36FN5O3/c31-23-15-29(8-3-11-36(29)18-23)20-38-28-33-25-16-30(9-2-7-21-5-1-6-22(17-32)26(21)30)39-19-24(25)27(34-28)35-10-4-13-37-14-12-35/h1,5-6,23H,2-4,7-16,18-20H2. The van der Waals surface area contributed by atoms with Crippen LogP contribution in [0.4, 0.5) is 10.2 Å². The molecule has 39 heavy (non-hydrogen) atoms. The minimum absolute atomic E-state index is 0.260. The molecule has 3 atom stereocenters. The molecule has 3 fully saturated rings. The summed E-state index contributed by atoms with van der Waals surface area (Å²) >= 11 is 0. The van der Waals surface area contributed by atoms with E-state index in [1.54, 1.807) is 0 Å². The molecule has 5 heterocycles. The van der Waals surface area contributed by atoms with E-state index in [4.69, 9.17) is 24.2 Å². The van der Waals surface area contributed by atoms with Crippen LogP contribution in [0.5, 0.6) is 6.01 Å². The molecule has 4 aliphatic heterocycles. The fourth-order valence-corrected chi connectivity index (χ4v) is 7.70. The van der Waals surface area contributed by atoms with Gasteiger partial charge < -0.3 is 19.1 Å². The Morgan fingerprint density at radius 3 is 3.00 bits per heavy atom. The van der Waals surface area contributed by atoms with Crippen molar-refractivity contribution in [3.05, 3.63) is 46.1 Å². The van der Waals surface area contributed by atoms with Crippen LogP contribution < -0.4 is 9.64 Å². The summed E-state index contributed by atoms with van der Waals surface area (Å²) in [6.45, 7) is 5.19. The zero-order chi connectivity index (χ0) is 26.5. The van der Waals surface area contributed by atoms with Gasteiger partial charge in [-0.05, 0) is 56.7 Å². The molecule has 0 saturated carbocycles. The molecule has 1 aromatic carbocycles. The van der Waals surface area contributed by atoms with Crippen molar-refractivity contribution in [2.75, 3.05) is 50.9 Å². The van der Waals surface area contributed by atoms with Crippen LogP contribution in [0.1, 0.15) is 66.5 Å². The third-order valence-corrected chi connectivity index (χ3v) is 9.50. The van der Waals surface area contributed by atoms with Gasteiger partial charge in [0.25, 0.3) is 0 Å². The number of halogens is 1. The average molecular weight is 534 g/mol. The van der Waals surface area contributed by atoms with Crippen molar-refractivity contribution in [2.24, 2.45) is 0 Å². The fourth-order valence-electron chi connectivity index (χ4n) is 7.70. The van der Waals surface area contributed by atoms with Gasteiger partial charge in [-0.2, -0.15) is 15.2 Å². The number of aromatic nitrogens is 2. The van der Waals surface area contributed by atoms with Gasteiger partial charge >= 0.3 is 6.01 Å². The van der Waals surface area contributed by atoms with Crippen molar-refractivity contribution < 1.29 is 18.6 Å². The molecule has 7 rings (SSSR count). The maximum Gasteiger partial charge on any atom is 0.318 e. The molecule has 1 aromatic heterocycles. The molecule has 0 bridgehead atoms. The van der Waals surface area contributed by atoms with E-state index in [9.17, 15) is 9.65 Å². The second-order valence-corrected chi connectivity index (χ2v) is 11.8. The quantitative estimate of drug-likeness (QED) is 0.587. The molecular formula is C30H36FN5O3. The number of benzene rings is 1. The number of anilines is 1. The number of nitriles is 1. The zero-order valence-electron chi connectivity index (χ0n) is 22.5. The topological polar surface area (TPSA) is 83.7 Å². The van der Waals surface area contributed by atoms with Gasteiger partial charge in [-0.3, -0.25) is 4.90 Å². The highest BCUT2D eigenvalue weighted by Crippen LogP contribution is 2.47. The number of rotatable bonds is 4. The van der Waals surface area contributed by atoms with E-state index in [0.29, 0.717) is 50.8 Å². The Morgan fingerprint density at radius 2 is 2.08 bits per heavy atom. The Bertz CT molecular complexity index is 1290. The number of alkyl halides is 1. The van der Waals surface area contributed by atoms with Gasteiger partial charge in [0, 0.05) is 50.2 Å². The molecule has 1 spiro atoms. The van der Waals surface area contributed by atoms with Crippen LogP contribution in [0.15, 0.2) is 18.2 Å². The van der Waals surface area contributed by atoms with Crippen LogP contribution in [0.2, 0.25) is 0 Å². The minimum atomic E-state index is -0.802. The smallest absolute Gasteiger partial charge is 0.318 e. The largest absolute Gasteiger partial charge is 0.461 e. The van der Waals surface area contributed by atoms with Crippen LogP contribution in [-0.2, 0) is 34.5 Å². The number of hydrogen-bond acceptors (Lipinski definition) is 8. The third kappa shape index (κ3) is 4.37. The van der Waals surface area contributed by atoms with Gasteiger partial charge in [0.05, 0.1) is 36.1 Å². The van der Waals surface area contributed by atoms with Gasteiger partial charge in [-0.15, -0.1) is 0 Å². The Morgan fingerprint density at radius 1 is 1.13 bits per heavy atom. The number of ether oxygens (including phenoxy) is 3. The van der Waals surface area contributed by atoms with E-state index in [0.717, 1.165) is 87.4 Å². The van der Waals surface area contributed by atoms with Gasteiger partial charge in [-0.25, -0.2) is 4.39 Å². The second-order valence-electron chi connectivity index (χ2n) is 11.8. The number of fused-ring (bicyclic) bond motifs is 4. The predicted octanol–water partition coefficient (Wildman–Crippen LogP) is 3.83. The Hall–Kier alpha value is -2.80. The van der Waals surface area contributed by atoms with Crippen molar-refractivity contribution in [3.63, 3.8) is 0 Å². The summed E-state index contributed by atoms with van der Waals surface area (Å²) in [5, 5.41) is 9.95. The molecule has 0 radical (unpaired) electrons. The van der Waals surface area contributed by atoms with Gasteiger partial charge in [0.15, 0.2) is 0 Å². The van der Waals surface area contributed by atoms with Crippen LogP contribution in [0.3, 0.4) is 0 Å². The van der Waals surface area contributed by atoms with E-state index in [1.165, 1.54) is 5.56 Å². The van der Waals surface area contributed by atoms with Gasteiger partial charge in [-0.1, -0.05) is 12.1 Å². The van der Waals surface area contributed by atoms with Crippen molar-refractivity contribution in [2.45, 2.75) is 75.3 Å². The number of nitrogens with zero attached hydrogens (tertiary/aromatic N) is 5. The lowest BCUT2D eigenvalue weighted by Gasteiger charge is -2.43. The maximum absolute atomic E-state index is 14.4. The first-order valence-corrected chi connectivity index (χ1v) is 14.5. The Balaban J connectivity index is 1.26. The van der Waals surface area contributed by atoms with Crippen molar-refractivity contribution in [1.82, 2.24) is 14.9 Å². The van der Waals surface area contributed by atoms with Crippen LogP contribution in [-0.4, -0.2) is 72.6 Å². The SMILES string of the molecule is N#Cc1cccc2c1C1(CCC2)Cc2nc(OCC34CCCN3CC(F)C4)nc(N3CCCOCC3)c2CO1. The Labute approximate surface area is 229 Å². The molecule has 206 valence electrons. The van der Waals surface area contributed by atoms with E-state index in [1.807, 2.05) is 12.1 Å². The Kier molecular flexibility index (Phi) is 6.45. The summed E-state index contributed by atoms with van der Waals surface area (Å²) in [6.07, 6.45) is 6.03. The first-order valence-electron chi connectivity index (χ1n) is 14.5. The molecule has 9 heteroatoms. The average Bonchev–Trinajstić information content (AvgIpc) is 3.33. The highest BCUT2D eigenvalue weighted by atomic mass is 19.1. The van der Waals surface area contributed by atoms with E-state index < -0.39 is 11.8 Å². The molecule has 5 aliphatic rings. The highest BCUT2D eigenvalue weighted by molar-refractivity contribution is 5.54. The molecular weight excluding hydrogens is 497 g/mol. The molecule has 0 N–H and O–H groups in total. The summed E-state index contributed by atoms with van der Waals surface area (Å²) in [7, 11) is 0. The minimum Gasteiger partial charge on any atom is -0.461 e. The first-order chi connectivity index (χ1) is 19.1. The number of hydrogen-bond donors (Lipinski definition) is 0. The van der Waals surface area contributed by atoms with Crippen LogP contribution in [0.25, 0.3) is 0 Å². The van der Waals surface area contributed by atoms with Crippen molar-refractivity contribution in [1.29, 1.82) is 5.26 Å². The van der Waals surface area contributed by atoms with Crippen LogP contribution >= 0.6 is 0 Å². The fraction of sp³-hybridized carbons (Fsp3) is 0.633. The van der Waals surface area contributed by atoms with Crippen molar-refractivity contribution in [3.8, 4) is 12.1 Å². The van der Waals surface area contributed by atoms with Crippen LogP contribution in [0, 0.1) is 11.3 Å². The van der Waals surface area contributed by atoms with E-state index >= 15 is 0 Å². The highest BCUT2D eigenvalue weighted by Gasteiger charge is 2.50. The molecule has 1 aliphatic carbocycles. The lowest BCUT2D eigenvalue weighted by molar-refractivity contribution is -0.0857. The lowest BCUT2D eigenvalue weighted by Crippen LogP contribution is -2.44. The monoisotopic (exact) mass is 533 g/mol. The first kappa shape index (κ1) is 25.2. The van der Waals surface area contributed by atoms with Crippen molar-refractivity contribution >= 4 is 5.82 Å². The predicted molar refractivity (Wildman–Crippen MR) is 142 cm³/mol. The summed E-state index contributed by atoms with van der Waals surface area (Å²) in [5.74, 6) is 0.857. The summed E-state index contributed by atoms with van der Waals surface area (Å²) in [5.41, 5.74) is 4.00. The molecule has 3 saturated heterocycles. The normalized spacial score (nSPS) is 30.4. The molecule has 3 unspecified atom stereocenters. The van der Waals surface area contributed by atoms with E-state index in [-0.39, 0.29) is 5.54 Å². The second kappa shape index (κ2) is 9.99. The number of aryl methyl sites for hydroxylation is 1. The van der Waals surface area contributed by atoms with E-state index in [2.05, 4.69) is 21.9 Å². The lowest BCUT2D eigenvalue weighted by atomic mass is 9.73. The van der Waals surface area contributed by atoms with Gasteiger partial charge in [0.2, 0.25) is 0 Å². The molecule has 8 nitrogen and oxygen atoms in total. The van der Waals surface area contributed by atoms with Gasteiger partial charge in [0.1, 0.15) is 24.2 Å². The maximum atomic E-state index is 14.4. The summed E-state index contributed by atoms with van der Waals surface area (Å²) in [4.78, 5) is 14.5. The summed E-state index contributed by atoms with van der Waals surface area (Å²) in [6, 6.07) is 8.76. The zero-order valence-corrected chi connectivity index (χ0v) is 22.5. The summed E-state index contributed by atoms with van der Waals surface area (Å²) < 4.78 is 33.2. The third-order valence-electron chi connectivity index (χ3n) is 9.50. The molecule has 0 amide bonds.